The second-order valence-corrected chi connectivity index (χ2v) is 8.01. The van der Waals surface area contributed by atoms with Gasteiger partial charge in [-0.2, -0.15) is 0 Å². The minimum Gasteiger partial charge on any atom is -0.373 e. The Morgan fingerprint density at radius 2 is 2.15 bits per heavy atom. The molecule has 0 aromatic carbocycles. The summed E-state index contributed by atoms with van der Waals surface area (Å²) < 4.78 is 6.32. The third-order valence-electron chi connectivity index (χ3n) is 4.69. The van der Waals surface area contributed by atoms with E-state index >= 15 is 0 Å². The third kappa shape index (κ3) is 3.84. The van der Waals surface area contributed by atoms with Crippen molar-refractivity contribution in [3.63, 3.8) is 0 Å². The Kier molecular flexibility index (Phi) is 5.65. The Bertz CT molecular complexity index is 427. The molecule has 2 nitrogen and oxygen atoms in total. The molecule has 2 N–H and O–H groups in total. The molecule has 0 spiro atoms. The first-order valence-electron chi connectivity index (χ1n) is 7.91. The molecule has 0 amide bonds. The molecule has 0 saturated heterocycles. The fraction of sp³-hybridized carbons (Fsp3) is 0.765. The Balaban J connectivity index is 1.97. The summed E-state index contributed by atoms with van der Waals surface area (Å²) >= 11 is 1.80. The first-order valence-corrected chi connectivity index (χ1v) is 8.72. The van der Waals surface area contributed by atoms with E-state index < -0.39 is 0 Å². The lowest BCUT2D eigenvalue weighted by molar-refractivity contribution is -0.0473. The van der Waals surface area contributed by atoms with Crippen molar-refractivity contribution >= 4 is 11.3 Å². The zero-order chi connectivity index (χ0) is 14.7. The lowest BCUT2D eigenvalue weighted by Crippen LogP contribution is -2.34. The summed E-state index contributed by atoms with van der Waals surface area (Å²) in [6, 6.07) is 2.22. The zero-order valence-corrected chi connectivity index (χ0v) is 14.1. The van der Waals surface area contributed by atoms with Crippen molar-refractivity contribution < 1.29 is 4.74 Å². The van der Waals surface area contributed by atoms with Crippen molar-refractivity contribution in [1.29, 1.82) is 0 Å². The fourth-order valence-corrected chi connectivity index (χ4v) is 4.26. The van der Waals surface area contributed by atoms with Crippen molar-refractivity contribution in [3.8, 4) is 0 Å². The molecule has 1 aromatic rings. The van der Waals surface area contributed by atoms with Crippen LogP contribution in [0.4, 0.5) is 0 Å². The van der Waals surface area contributed by atoms with E-state index in [-0.39, 0.29) is 0 Å². The summed E-state index contributed by atoms with van der Waals surface area (Å²) in [5.74, 6) is 2.24. The van der Waals surface area contributed by atoms with E-state index in [1.54, 1.807) is 11.3 Å². The van der Waals surface area contributed by atoms with E-state index in [9.17, 15) is 0 Å². The number of nitrogens with two attached hydrogens (primary N) is 1. The zero-order valence-electron chi connectivity index (χ0n) is 13.3. The van der Waals surface area contributed by atoms with Gasteiger partial charge in [0.2, 0.25) is 0 Å². The Labute approximate surface area is 127 Å². The summed E-state index contributed by atoms with van der Waals surface area (Å²) in [6.45, 7) is 10.6. The normalized spacial score (nSPS) is 27.2. The second-order valence-electron chi connectivity index (χ2n) is 6.67. The molecular weight excluding hydrogens is 266 g/mol. The average molecular weight is 295 g/mol. The largest absolute Gasteiger partial charge is 0.373 e. The van der Waals surface area contributed by atoms with Gasteiger partial charge in [-0.1, -0.05) is 27.2 Å². The van der Waals surface area contributed by atoms with Crippen molar-refractivity contribution in [1.82, 2.24) is 0 Å². The van der Waals surface area contributed by atoms with Crippen LogP contribution in [-0.4, -0.2) is 6.10 Å². The Morgan fingerprint density at radius 1 is 1.40 bits per heavy atom. The van der Waals surface area contributed by atoms with Gasteiger partial charge >= 0.3 is 0 Å². The van der Waals surface area contributed by atoms with E-state index in [0.717, 1.165) is 24.4 Å². The van der Waals surface area contributed by atoms with Crippen molar-refractivity contribution in [2.45, 2.75) is 66.2 Å². The van der Waals surface area contributed by atoms with Crippen LogP contribution in [-0.2, 0) is 17.9 Å². The van der Waals surface area contributed by atoms with Gasteiger partial charge in [0.15, 0.2) is 0 Å². The van der Waals surface area contributed by atoms with Gasteiger partial charge in [-0.05, 0) is 49.1 Å². The molecule has 3 heteroatoms. The second kappa shape index (κ2) is 7.06. The van der Waals surface area contributed by atoms with Crippen LogP contribution in [0.2, 0.25) is 0 Å². The van der Waals surface area contributed by atoms with Gasteiger partial charge in [0, 0.05) is 16.3 Å². The summed E-state index contributed by atoms with van der Waals surface area (Å²) in [7, 11) is 0. The van der Waals surface area contributed by atoms with E-state index in [1.165, 1.54) is 34.6 Å². The Morgan fingerprint density at radius 3 is 2.75 bits per heavy atom. The maximum Gasteiger partial charge on any atom is 0.0731 e. The Hall–Kier alpha value is -0.380. The highest BCUT2D eigenvalue weighted by Crippen LogP contribution is 2.36. The SMILES string of the molecule is Cc1sc(CN)cc1COC1CC(C)CCC1C(C)C. The molecule has 1 aliphatic carbocycles. The molecule has 0 bridgehead atoms. The monoisotopic (exact) mass is 295 g/mol. The molecule has 1 aliphatic rings. The van der Waals surface area contributed by atoms with E-state index in [1.807, 2.05) is 0 Å². The van der Waals surface area contributed by atoms with Gasteiger partial charge in [0.1, 0.15) is 0 Å². The summed E-state index contributed by atoms with van der Waals surface area (Å²) in [5, 5.41) is 0. The number of rotatable bonds is 5. The fourth-order valence-electron chi connectivity index (χ4n) is 3.33. The average Bonchev–Trinajstić information content (AvgIpc) is 2.76. The van der Waals surface area contributed by atoms with Crippen LogP contribution in [0, 0.1) is 24.7 Å². The highest BCUT2D eigenvalue weighted by atomic mass is 32.1. The first kappa shape index (κ1) is 16.0. The van der Waals surface area contributed by atoms with Crippen molar-refractivity contribution in [2.24, 2.45) is 23.5 Å². The van der Waals surface area contributed by atoms with Crippen LogP contribution in [0.5, 0.6) is 0 Å². The number of hydrogen-bond acceptors (Lipinski definition) is 3. The molecule has 1 fully saturated rings. The van der Waals surface area contributed by atoms with Crippen LogP contribution in [0.15, 0.2) is 6.07 Å². The highest BCUT2D eigenvalue weighted by molar-refractivity contribution is 7.12. The van der Waals surface area contributed by atoms with Crippen LogP contribution < -0.4 is 5.73 Å². The molecule has 1 saturated carbocycles. The molecule has 1 heterocycles. The molecule has 20 heavy (non-hydrogen) atoms. The van der Waals surface area contributed by atoms with Crippen LogP contribution in [0.1, 0.15) is 55.4 Å². The minimum absolute atomic E-state index is 0.430. The maximum absolute atomic E-state index is 6.32. The standard InChI is InChI=1S/C17H29NOS/c1-11(2)16-6-5-12(3)7-17(16)19-10-14-8-15(9-18)20-13(14)4/h8,11-12,16-17H,5-7,9-10,18H2,1-4H3. The lowest BCUT2D eigenvalue weighted by Gasteiger charge is -2.37. The molecule has 0 aliphatic heterocycles. The predicted octanol–water partition coefficient (Wildman–Crippen LogP) is 4.49. The molecule has 1 aromatic heterocycles. The third-order valence-corrected chi connectivity index (χ3v) is 5.80. The van der Waals surface area contributed by atoms with E-state index in [2.05, 4.69) is 33.8 Å². The van der Waals surface area contributed by atoms with Crippen LogP contribution in [0.25, 0.3) is 0 Å². The molecule has 3 atom stereocenters. The number of aryl methyl sites for hydroxylation is 1. The summed E-state index contributed by atoms with van der Waals surface area (Å²) in [4.78, 5) is 2.62. The van der Waals surface area contributed by atoms with Crippen molar-refractivity contribution in [2.75, 3.05) is 0 Å². The van der Waals surface area contributed by atoms with Gasteiger partial charge in [0.05, 0.1) is 12.7 Å². The van der Waals surface area contributed by atoms with E-state index in [0.29, 0.717) is 12.6 Å². The van der Waals surface area contributed by atoms with Gasteiger partial charge in [-0.25, -0.2) is 0 Å². The number of hydrogen-bond donors (Lipinski definition) is 1. The maximum atomic E-state index is 6.32. The van der Waals surface area contributed by atoms with Gasteiger partial charge in [-0.3, -0.25) is 0 Å². The smallest absolute Gasteiger partial charge is 0.0731 e. The molecule has 2 rings (SSSR count). The van der Waals surface area contributed by atoms with Gasteiger partial charge < -0.3 is 10.5 Å². The van der Waals surface area contributed by atoms with Gasteiger partial charge in [-0.15, -0.1) is 11.3 Å². The minimum atomic E-state index is 0.430. The quantitative estimate of drug-likeness (QED) is 0.868. The topological polar surface area (TPSA) is 35.2 Å². The van der Waals surface area contributed by atoms with Crippen LogP contribution >= 0.6 is 11.3 Å². The molecular formula is C17H29NOS. The summed E-state index contributed by atoms with van der Waals surface area (Å²) in [6.07, 6.45) is 4.33. The van der Waals surface area contributed by atoms with Crippen LogP contribution in [0.3, 0.4) is 0 Å². The predicted molar refractivity (Wildman–Crippen MR) is 86.9 cm³/mol. The molecule has 114 valence electrons. The molecule has 0 radical (unpaired) electrons. The first-order chi connectivity index (χ1) is 9.51. The van der Waals surface area contributed by atoms with E-state index in [4.69, 9.17) is 10.5 Å². The van der Waals surface area contributed by atoms with Gasteiger partial charge in [0.25, 0.3) is 0 Å². The molecule has 3 unspecified atom stereocenters. The summed E-state index contributed by atoms with van der Waals surface area (Å²) in [5.41, 5.74) is 7.05. The number of thiophene rings is 1. The lowest BCUT2D eigenvalue weighted by atomic mass is 9.75. The highest BCUT2D eigenvalue weighted by Gasteiger charge is 2.31. The number of ether oxygens (including phenoxy) is 1. The van der Waals surface area contributed by atoms with Crippen molar-refractivity contribution in [3.05, 3.63) is 21.4 Å².